The first-order valence-corrected chi connectivity index (χ1v) is 9.83. The number of piperazine rings is 1. The summed E-state index contributed by atoms with van der Waals surface area (Å²) in [5.74, 6) is 2.39. The molecule has 2 aliphatic heterocycles. The van der Waals surface area contributed by atoms with Gasteiger partial charge in [-0.1, -0.05) is 12.1 Å². The maximum absolute atomic E-state index is 13.1. The Kier molecular flexibility index (Phi) is 6.34. The minimum atomic E-state index is -0.180. The van der Waals surface area contributed by atoms with Crippen molar-refractivity contribution < 1.29 is 9.50 Å². The van der Waals surface area contributed by atoms with E-state index in [0.29, 0.717) is 6.04 Å². The van der Waals surface area contributed by atoms with E-state index in [4.69, 9.17) is 0 Å². The fourth-order valence-electron chi connectivity index (χ4n) is 3.75. The molecule has 1 unspecified atom stereocenters. The summed E-state index contributed by atoms with van der Waals surface area (Å²) in [6, 6.07) is 7.93. The summed E-state index contributed by atoms with van der Waals surface area (Å²) in [6.07, 6.45) is 3.42. The topological polar surface area (TPSA) is 26.7 Å². The molecule has 0 spiro atoms. The van der Waals surface area contributed by atoms with E-state index in [1.54, 1.807) is 0 Å². The van der Waals surface area contributed by atoms with Crippen LogP contribution in [-0.2, 0) is 6.54 Å². The Bertz CT molecular complexity index is 478. The number of benzene rings is 1. The van der Waals surface area contributed by atoms with Crippen molar-refractivity contribution in [1.82, 2.24) is 9.80 Å². The van der Waals surface area contributed by atoms with E-state index in [1.165, 1.54) is 36.5 Å². The third kappa shape index (κ3) is 4.69. The molecule has 3 rings (SSSR count). The standard InChI is InChI=1S/C18H27FN2OS/c19-16-3-1-15(2-4-16)13-20-8-9-21(14-18(20)5-10-22)17-6-11-23-12-7-17/h1-4,17-18,22H,5-14H2. The van der Waals surface area contributed by atoms with E-state index in [2.05, 4.69) is 21.6 Å². The highest BCUT2D eigenvalue weighted by Gasteiger charge is 2.31. The van der Waals surface area contributed by atoms with Gasteiger partial charge in [0, 0.05) is 44.9 Å². The van der Waals surface area contributed by atoms with Crippen molar-refractivity contribution in [2.24, 2.45) is 0 Å². The van der Waals surface area contributed by atoms with Gasteiger partial charge in [-0.3, -0.25) is 9.80 Å². The van der Waals surface area contributed by atoms with E-state index in [9.17, 15) is 9.50 Å². The molecule has 2 fully saturated rings. The lowest BCUT2D eigenvalue weighted by molar-refractivity contribution is 0.0292. The van der Waals surface area contributed by atoms with E-state index >= 15 is 0 Å². The zero-order valence-corrected chi connectivity index (χ0v) is 14.5. The summed E-state index contributed by atoms with van der Waals surface area (Å²) in [5, 5.41) is 9.44. The molecule has 23 heavy (non-hydrogen) atoms. The van der Waals surface area contributed by atoms with Crippen LogP contribution >= 0.6 is 11.8 Å². The van der Waals surface area contributed by atoms with Crippen LogP contribution in [0.2, 0.25) is 0 Å². The molecule has 2 saturated heterocycles. The number of rotatable bonds is 5. The molecule has 2 aliphatic rings. The molecule has 128 valence electrons. The second-order valence-electron chi connectivity index (χ2n) is 6.60. The third-order valence-electron chi connectivity index (χ3n) is 5.10. The molecular formula is C18H27FN2OS. The number of hydrogen-bond donors (Lipinski definition) is 1. The molecule has 0 aliphatic carbocycles. The zero-order chi connectivity index (χ0) is 16.1. The average Bonchev–Trinajstić information content (AvgIpc) is 2.59. The summed E-state index contributed by atoms with van der Waals surface area (Å²) in [4.78, 5) is 5.10. The second kappa shape index (κ2) is 8.47. The molecule has 5 heteroatoms. The van der Waals surface area contributed by atoms with Crippen LogP contribution in [0.3, 0.4) is 0 Å². The summed E-state index contributed by atoms with van der Waals surface area (Å²) in [5.41, 5.74) is 1.15. The van der Waals surface area contributed by atoms with Gasteiger partial charge in [-0.05, 0) is 48.5 Å². The van der Waals surface area contributed by atoms with Gasteiger partial charge in [-0.25, -0.2) is 4.39 Å². The summed E-state index contributed by atoms with van der Waals surface area (Å²) >= 11 is 2.07. The Morgan fingerprint density at radius 1 is 1.13 bits per heavy atom. The number of thioether (sulfide) groups is 1. The van der Waals surface area contributed by atoms with Crippen LogP contribution in [0.1, 0.15) is 24.8 Å². The number of aliphatic hydroxyl groups excluding tert-OH is 1. The van der Waals surface area contributed by atoms with Crippen LogP contribution < -0.4 is 0 Å². The van der Waals surface area contributed by atoms with Gasteiger partial charge in [0.2, 0.25) is 0 Å². The lowest BCUT2D eigenvalue weighted by Gasteiger charge is -2.45. The van der Waals surface area contributed by atoms with Gasteiger partial charge in [-0.2, -0.15) is 11.8 Å². The first kappa shape index (κ1) is 17.2. The number of hydrogen-bond acceptors (Lipinski definition) is 4. The van der Waals surface area contributed by atoms with Crippen molar-refractivity contribution in [3.8, 4) is 0 Å². The van der Waals surface area contributed by atoms with Crippen LogP contribution in [0, 0.1) is 5.82 Å². The van der Waals surface area contributed by atoms with E-state index < -0.39 is 0 Å². The van der Waals surface area contributed by atoms with E-state index in [-0.39, 0.29) is 12.4 Å². The monoisotopic (exact) mass is 338 g/mol. The lowest BCUT2D eigenvalue weighted by atomic mass is 10.0. The predicted molar refractivity (Wildman–Crippen MR) is 94.2 cm³/mol. The van der Waals surface area contributed by atoms with Gasteiger partial charge < -0.3 is 5.11 Å². The molecule has 1 aromatic carbocycles. The smallest absolute Gasteiger partial charge is 0.123 e. The molecular weight excluding hydrogens is 311 g/mol. The third-order valence-corrected chi connectivity index (χ3v) is 6.15. The van der Waals surface area contributed by atoms with Gasteiger partial charge in [0.1, 0.15) is 5.82 Å². The number of aliphatic hydroxyl groups is 1. The predicted octanol–water partition coefficient (Wildman–Crippen LogP) is 2.59. The number of halogens is 1. The maximum atomic E-state index is 13.1. The second-order valence-corrected chi connectivity index (χ2v) is 7.83. The summed E-state index contributed by atoms with van der Waals surface area (Å²) in [7, 11) is 0. The Balaban J connectivity index is 1.61. The van der Waals surface area contributed by atoms with Crippen LogP contribution in [0.4, 0.5) is 4.39 Å². The van der Waals surface area contributed by atoms with Crippen molar-refractivity contribution in [1.29, 1.82) is 0 Å². The molecule has 3 nitrogen and oxygen atoms in total. The minimum absolute atomic E-state index is 0.180. The molecule has 1 atom stereocenters. The van der Waals surface area contributed by atoms with Crippen molar-refractivity contribution >= 4 is 11.8 Å². The molecule has 0 amide bonds. The normalized spacial score (nSPS) is 24.9. The van der Waals surface area contributed by atoms with Crippen LogP contribution in [0.25, 0.3) is 0 Å². The van der Waals surface area contributed by atoms with Gasteiger partial charge in [0.25, 0.3) is 0 Å². The highest BCUT2D eigenvalue weighted by Crippen LogP contribution is 2.25. The molecule has 1 aromatic rings. The van der Waals surface area contributed by atoms with E-state index in [0.717, 1.165) is 44.2 Å². The first-order chi connectivity index (χ1) is 11.3. The van der Waals surface area contributed by atoms with Crippen LogP contribution in [-0.4, -0.2) is 64.7 Å². The van der Waals surface area contributed by atoms with Crippen molar-refractivity contribution in [3.05, 3.63) is 35.6 Å². The van der Waals surface area contributed by atoms with Gasteiger partial charge in [0.15, 0.2) is 0 Å². The molecule has 2 heterocycles. The SMILES string of the molecule is OCCC1CN(C2CCSCC2)CCN1Cc1ccc(F)cc1. The molecule has 0 saturated carbocycles. The summed E-state index contributed by atoms with van der Waals surface area (Å²) < 4.78 is 13.1. The number of nitrogens with zero attached hydrogens (tertiary/aromatic N) is 2. The molecule has 0 radical (unpaired) electrons. The Labute approximate surface area is 142 Å². The van der Waals surface area contributed by atoms with Gasteiger partial charge in [0.05, 0.1) is 0 Å². The maximum Gasteiger partial charge on any atom is 0.123 e. The van der Waals surface area contributed by atoms with Crippen LogP contribution in [0.15, 0.2) is 24.3 Å². The van der Waals surface area contributed by atoms with Crippen molar-refractivity contribution in [2.45, 2.75) is 37.9 Å². The highest BCUT2D eigenvalue weighted by molar-refractivity contribution is 7.99. The Morgan fingerprint density at radius 2 is 1.87 bits per heavy atom. The highest BCUT2D eigenvalue weighted by atomic mass is 32.2. The minimum Gasteiger partial charge on any atom is -0.396 e. The van der Waals surface area contributed by atoms with Gasteiger partial charge in [-0.15, -0.1) is 0 Å². The summed E-state index contributed by atoms with van der Waals surface area (Å²) in [6.45, 7) is 4.28. The van der Waals surface area contributed by atoms with Gasteiger partial charge >= 0.3 is 0 Å². The average molecular weight is 338 g/mol. The lowest BCUT2D eigenvalue weighted by Crippen LogP contribution is -2.56. The van der Waals surface area contributed by atoms with E-state index in [1.807, 2.05) is 12.1 Å². The van der Waals surface area contributed by atoms with Crippen molar-refractivity contribution in [2.75, 3.05) is 37.7 Å². The quantitative estimate of drug-likeness (QED) is 0.893. The largest absolute Gasteiger partial charge is 0.396 e. The Hall–Kier alpha value is -0.620. The molecule has 1 N–H and O–H groups in total. The fraction of sp³-hybridized carbons (Fsp3) is 0.667. The van der Waals surface area contributed by atoms with Crippen LogP contribution in [0.5, 0.6) is 0 Å². The Morgan fingerprint density at radius 3 is 2.57 bits per heavy atom. The first-order valence-electron chi connectivity index (χ1n) is 8.67. The fourth-order valence-corrected chi connectivity index (χ4v) is 4.84. The zero-order valence-electron chi connectivity index (χ0n) is 13.7. The van der Waals surface area contributed by atoms with Crippen molar-refractivity contribution in [3.63, 3.8) is 0 Å². The molecule has 0 aromatic heterocycles. The molecule has 0 bridgehead atoms.